The number of benzene rings is 1. The van der Waals surface area contributed by atoms with Crippen LogP contribution in [-0.4, -0.2) is 11.0 Å². The minimum atomic E-state index is -0.322. The van der Waals surface area contributed by atoms with Crippen LogP contribution in [0.3, 0.4) is 0 Å². The molecule has 1 saturated carbocycles. The Kier molecular flexibility index (Phi) is 4.45. The highest BCUT2D eigenvalue weighted by atomic mass is 79.9. The minimum absolute atomic E-state index is 0.175. The van der Waals surface area contributed by atoms with Gasteiger partial charge in [0.25, 0.3) is 5.69 Å². The van der Waals surface area contributed by atoms with E-state index in [4.69, 9.17) is 0 Å². The number of halogens is 1. The van der Waals surface area contributed by atoms with Crippen LogP contribution < -0.4 is 5.32 Å². The van der Waals surface area contributed by atoms with Crippen molar-refractivity contribution in [3.05, 3.63) is 32.3 Å². The summed E-state index contributed by atoms with van der Waals surface area (Å²) < 4.78 is 0.897. The second kappa shape index (κ2) is 5.90. The second-order valence-electron chi connectivity index (χ2n) is 5.39. The maximum atomic E-state index is 11.0. The molecular weight excluding hydrogens is 308 g/mol. The van der Waals surface area contributed by atoms with E-state index in [1.165, 1.54) is 19.3 Å². The molecule has 0 aromatic heterocycles. The van der Waals surface area contributed by atoms with Crippen molar-refractivity contribution in [3.8, 4) is 0 Å². The molecule has 2 atom stereocenters. The summed E-state index contributed by atoms with van der Waals surface area (Å²) in [5.74, 6) is 0.612. The highest BCUT2D eigenvalue weighted by Crippen LogP contribution is 2.34. The Morgan fingerprint density at radius 1 is 1.37 bits per heavy atom. The molecule has 1 fully saturated rings. The van der Waals surface area contributed by atoms with E-state index in [1.54, 1.807) is 13.0 Å². The first-order chi connectivity index (χ1) is 8.99. The molecule has 0 saturated heterocycles. The van der Waals surface area contributed by atoms with Crippen LogP contribution in [0.25, 0.3) is 0 Å². The fraction of sp³-hybridized carbons (Fsp3) is 0.571. The van der Waals surface area contributed by atoms with Gasteiger partial charge in [0, 0.05) is 22.1 Å². The van der Waals surface area contributed by atoms with Crippen LogP contribution in [0.5, 0.6) is 0 Å². The van der Waals surface area contributed by atoms with Crippen molar-refractivity contribution >= 4 is 27.3 Å². The van der Waals surface area contributed by atoms with Crippen molar-refractivity contribution in [2.75, 3.05) is 5.32 Å². The smallest absolute Gasteiger partial charge is 0.274 e. The first-order valence-corrected chi connectivity index (χ1v) is 7.49. The average Bonchev–Trinajstić information content (AvgIpc) is 2.34. The number of rotatable bonds is 3. The summed E-state index contributed by atoms with van der Waals surface area (Å²) in [6.07, 6.45) is 4.88. The molecule has 1 aromatic rings. The van der Waals surface area contributed by atoms with Crippen LogP contribution in [0, 0.1) is 23.0 Å². The highest BCUT2D eigenvalue weighted by molar-refractivity contribution is 9.10. The number of hydrogen-bond acceptors (Lipinski definition) is 3. The van der Waals surface area contributed by atoms with Gasteiger partial charge in [-0.15, -0.1) is 0 Å². The molecule has 104 valence electrons. The number of nitro benzene ring substituents is 1. The zero-order chi connectivity index (χ0) is 14.0. The summed E-state index contributed by atoms with van der Waals surface area (Å²) >= 11 is 3.49. The Hall–Kier alpha value is -1.10. The van der Waals surface area contributed by atoms with Crippen LogP contribution in [0.15, 0.2) is 16.6 Å². The lowest BCUT2D eigenvalue weighted by Crippen LogP contribution is -2.30. The van der Waals surface area contributed by atoms with Gasteiger partial charge in [0.05, 0.1) is 10.6 Å². The van der Waals surface area contributed by atoms with Crippen LogP contribution in [0.1, 0.15) is 38.2 Å². The van der Waals surface area contributed by atoms with Gasteiger partial charge in [0.15, 0.2) is 0 Å². The van der Waals surface area contributed by atoms with E-state index in [-0.39, 0.29) is 10.6 Å². The van der Waals surface area contributed by atoms with Gasteiger partial charge in [-0.3, -0.25) is 10.1 Å². The lowest BCUT2D eigenvalue weighted by Gasteiger charge is -2.30. The molecule has 0 spiro atoms. The third-order valence-electron chi connectivity index (χ3n) is 3.93. The van der Waals surface area contributed by atoms with Crippen molar-refractivity contribution < 1.29 is 4.92 Å². The molecule has 0 aliphatic heterocycles. The van der Waals surface area contributed by atoms with Crippen LogP contribution in [0.4, 0.5) is 11.4 Å². The van der Waals surface area contributed by atoms with Crippen molar-refractivity contribution in [2.24, 2.45) is 5.92 Å². The van der Waals surface area contributed by atoms with Gasteiger partial charge in [0.2, 0.25) is 0 Å². The molecule has 2 unspecified atom stereocenters. The predicted molar refractivity (Wildman–Crippen MR) is 80.6 cm³/mol. The molecule has 5 heteroatoms. The van der Waals surface area contributed by atoms with Gasteiger partial charge in [-0.05, 0) is 47.7 Å². The largest absolute Gasteiger partial charge is 0.381 e. The van der Waals surface area contributed by atoms with E-state index >= 15 is 0 Å². The topological polar surface area (TPSA) is 55.2 Å². The summed E-state index contributed by atoms with van der Waals surface area (Å²) in [6, 6.07) is 3.86. The number of nitrogens with zero attached hydrogens (tertiary/aromatic N) is 1. The van der Waals surface area contributed by atoms with Crippen LogP contribution >= 0.6 is 15.9 Å². The zero-order valence-corrected chi connectivity index (χ0v) is 12.9. The van der Waals surface area contributed by atoms with E-state index in [9.17, 15) is 10.1 Å². The molecule has 0 heterocycles. The van der Waals surface area contributed by atoms with Crippen LogP contribution in [0.2, 0.25) is 0 Å². The second-order valence-corrected chi connectivity index (χ2v) is 6.24. The van der Waals surface area contributed by atoms with Gasteiger partial charge in [0.1, 0.15) is 0 Å². The lowest BCUT2D eigenvalue weighted by molar-refractivity contribution is -0.385. The highest BCUT2D eigenvalue weighted by Gasteiger charge is 2.23. The fourth-order valence-electron chi connectivity index (χ4n) is 2.70. The lowest BCUT2D eigenvalue weighted by atomic mass is 9.86. The summed E-state index contributed by atoms with van der Waals surface area (Å²) in [7, 11) is 0. The van der Waals surface area contributed by atoms with Crippen LogP contribution in [-0.2, 0) is 0 Å². The molecule has 1 aliphatic rings. The van der Waals surface area contributed by atoms with Crippen molar-refractivity contribution in [1.29, 1.82) is 0 Å². The normalized spacial score (nSPS) is 23.1. The summed E-state index contributed by atoms with van der Waals surface area (Å²) in [5.41, 5.74) is 1.68. The van der Waals surface area contributed by atoms with Gasteiger partial charge in [-0.25, -0.2) is 0 Å². The average molecular weight is 327 g/mol. The molecule has 4 nitrogen and oxygen atoms in total. The Morgan fingerprint density at radius 2 is 2.05 bits per heavy atom. The molecule has 2 rings (SSSR count). The third-order valence-corrected chi connectivity index (χ3v) is 4.59. The minimum Gasteiger partial charge on any atom is -0.381 e. The first kappa shape index (κ1) is 14.3. The van der Waals surface area contributed by atoms with Gasteiger partial charge in [-0.1, -0.05) is 19.8 Å². The predicted octanol–water partition coefficient (Wildman–Crippen LogP) is 4.66. The standard InChI is InChI=1S/C14H19BrN2O2/c1-9-5-3-4-6-12(9)16-13-8-14(17(18)19)10(2)7-11(13)15/h7-9,12,16H,3-6H2,1-2H3. The maximum Gasteiger partial charge on any atom is 0.274 e. The molecule has 19 heavy (non-hydrogen) atoms. The Bertz CT molecular complexity index is 491. The summed E-state index contributed by atoms with van der Waals surface area (Å²) in [4.78, 5) is 10.7. The molecule has 1 aliphatic carbocycles. The van der Waals surface area contributed by atoms with E-state index in [2.05, 4.69) is 28.2 Å². The SMILES string of the molecule is Cc1cc(Br)c(NC2CCCCC2C)cc1[N+](=O)[O-]. The number of nitrogens with one attached hydrogen (secondary N) is 1. The van der Waals surface area contributed by atoms with E-state index in [1.807, 2.05) is 6.07 Å². The summed E-state index contributed by atoms with van der Waals surface area (Å²) in [5, 5.41) is 14.5. The molecule has 0 amide bonds. The maximum absolute atomic E-state index is 11.0. The number of hydrogen-bond donors (Lipinski definition) is 1. The van der Waals surface area contributed by atoms with Crippen molar-refractivity contribution in [3.63, 3.8) is 0 Å². The number of nitro groups is 1. The molecule has 0 radical (unpaired) electrons. The Morgan fingerprint density at radius 3 is 2.68 bits per heavy atom. The fourth-order valence-corrected chi connectivity index (χ4v) is 3.27. The monoisotopic (exact) mass is 326 g/mol. The molecule has 1 N–H and O–H groups in total. The Balaban J connectivity index is 2.24. The number of anilines is 1. The van der Waals surface area contributed by atoms with Gasteiger partial charge >= 0.3 is 0 Å². The molecular formula is C14H19BrN2O2. The van der Waals surface area contributed by atoms with Crippen molar-refractivity contribution in [1.82, 2.24) is 0 Å². The summed E-state index contributed by atoms with van der Waals surface area (Å²) in [6.45, 7) is 4.00. The third kappa shape index (κ3) is 3.26. The first-order valence-electron chi connectivity index (χ1n) is 6.70. The molecule has 1 aromatic carbocycles. The number of aryl methyl sites for hydroxylation is 1. The van der Waals surface area contributed by atoms with Crippen molar-refractivity contribution in [2.45, 2.75) is 45.6 Å². The zero-order valence-electron chi connectivity index (χ0n) is 11.3. The quantitative estimate of drug-likeness (QED) is 0.649. The molecule has 0 bridgehead atoms. The van der Waals surface area contributed by atoms with E-state index in [0.29, 0.717) is 17.5 Å². The van der Waals surface area contributed by atoms with E-state index < -0.39 is 0 Å². The van der Waals surface area contributed by atoms with Gasteiger partial charge < -0.3 is 5.32 Å². The van der Waals surface area contributed by atoms with Gasteiger partial charge in [-0.2, -0.15) is 0 Å². The van der Waals surface area contributed by atoms with E-state index in [0.717, 1.165) is 16.6 Å². The Labute approximate surface area is 121 Å².